The fourth-order valence-electron chi connectivity index (χ4n) is 5.81. The first-order chi connectivity index (χ1) is 23.1. The minimum absolute atomic E-state index is 0.115. The van der Waals surface area contributed by atoms with Crippen LogP contribution < -0.4 is 26.9 Å². The van der Waals surface area contributed by atoms with Gasteiger partial charge in [-0.2, -0.15) is 4.98 Å². The van der Waals surface area contributed by atoms with E-state index < -0.39 is 36.5 Å². The molecule has 5 heterocycles. The van der Waals surface area contributed by atoms with Gasteiger partial charge in [-0.15, -0.1) is 5.92 Å². The fraction of sp³-hybridized carbons (Fsp3) is 0.516. The molecule has 226 valence electrons. The minimum atomic E-state index is -2.79. The second kappa shape index (κ2) is 12.3. The molecule has 2 N–H and O–H groups in total. The largest absolute Gasteiger partial charge is 0.341 e. The van der Waals surface area contributed by atoms with Crippen molar-refractivity contribution in [1.29, 1.82) is 0 Å². The molecule has 3 aromatic heterocycles. The van der Waals surface area contributed by atoms with Crippen molar-refractivity contribution in [3.05, 3.63) is 56.6 Å². The van der Waals surface area contributed by atoms with Gasteiger partial charge in [0, 0.05) is 65.1 Å². The van der Waals surface area contributed by atoms with Gasteiger partial charge in [0.2, 0.25) is 5.95 Å². The van der Waals surface area contributed by atoms with Crippen molar-refractivity contribution < 1.29 is 8.22 Å². The van der Waals surface area contributed by atoms with Gasteiger partial charge in [-0.1, -0.05) is 24.1 Å². The van der Waals surface area contributed by atoms with Gasteiger partial charge in [0.05, 0.1) is 18.6 Å². The van der Waals surface area contributed by atoms with Crippen LogP contribution in [0, 0.1) is 18.8 Å². The third kappa shape index (κ3) is 5.68. The second-order valence-corrected chi connectivity index (χ2v) is 10.9. The second-order valence-electron chi connectivity index (χ2n) is 10.9. The molecule has 1 aromatic carbocycles. The molecule has 2 aliphatic heterocycles. The van der Waals surface area contributed by atoms with Gasteiger partial charge in [-0.25, -0.2) is 19.8 Å². The molecule has 0 spiro atoms. The lowest BCUT2D eigenvalue weighted by Gasteiger charge is -2.40. The number of nitrogens with zero attached hydrogens (tertiary/aromatic N) is 8. The maximum absolute atomic E-state index is 14.1. The summed E-state index contributed by atoms with van der Waals surface area (Å²) in [5.41, 5.74) is 3.92. The van der Waals surface area contributed by atoms with E-state index in [0.717, 1.165) is 34.0 Å². The first-order valence-electron chi connectivity index (χ1n) is 17.4. The number of hydrazine groups is 1. The molecule has 2 aliphatic rings. The lowest BCUT2D eigenvalue weighted by molar-refractivity contribution is 0.112. The molecule has 43 heavy (non-hydrogen) atoms. The van der Waals surface area contributed by atoms with Gasteiger partial charge < -0.3 is 10.2 Å². The molecule has 6 rings (SSSR count). The lowest BCUT2D eigenvalue weighted by atomic mass is 10.1. The number of imidazole rings is 1. The molecule has 0 amide bonds. The molecule has 2 fully saturated rings. The Hall–Kier alpha value is -4.05. The highest BCUT2D eigenvalue weighted by atomic mass is 16.2. The Kier molecular flexibility index (Phi) is 6.42. The third-order valence-corrected chi connectivity index (χ3v) is 8.06. The Bertz CT molecular complexity index is 2100. The minimum Gasteiger partial charge on any atom is -0.341 e. The highest BCUT2D eigenvalue weighted by molar-refractivity contribution is 5.80. The number of anilines is 1. The maximum atomic E-state index is 14.1. The Morgan fingerprint density at radius 1 is 1.21 bits per heavy atom. The molecule has 12 nitrogen and oxygen atoms in total. The predicted molar refractivity (Wildman–Crippen MR) is 168 cm³/mol. The van der Waals surface area contributed by atoms with Gasteiger partial charge in [-0.3, -0.25) is 23.9 Å². The number of aryl methyl sites for hydroxylation is 2. The number of benzene rings is 1. The maximum Gasteiger partial charge on any atom is 0.332 e. The summed E-state index contributed by atoms with van der Waals surface area (Å²) in [5.74, 6) is 6.73. The van der Waals surface area contributed by atoms with Crippen molar-refractivity contribution in [3.63, 3.8) is 0 Å². The van der Waals surface area contributed by atoms with Gasteiger partial charge in [-0.05, 0) is 52.0 Å². The first kappa shape index (κ1) is 22.5. The van der Waals surface area contributed by atoms with Crippen molar-refractivity contribution in [2.24, 2.45) is 7.05 Å². The van der Waals surface area contributed by atoms with E-state index in [1.165, 1.54) is 4.57 Å². The van der Waals surface area contributed by atoms with Crippen LogP contribution in [0.3, 0.4) is 0 Å². The number of hydrogen-bond donors (Lipinski definition) is 2. The van der Waals surface area contributed by atoms with Crippen molar-refractivity contribution in [1.82, 2.24) is 44.4 Å². The van der Waals surface area contributed by atoms with Crippen LogP contribution in [0.2, 0.25) is 0 Å². The SMILES string of the molecule is [2H]C1([2H])NCC(NN(C)[C@@H]2CCCN(c3nc4c(c(=O)n(Cc5nc(C)c6ccccc6n5)c(=O)n4C)n3CC#CC)C2)C([2H])([2H])C1([2H])[2H]. The van der Waals surface area contributed by atoms with Crippen molar-refractivity contribution in [2.45, 2.75) is 64.6 Å². The monoisotopic (exact) mass is 590 g/mol. The first-order valence-corrected chi connectivity index (χ1v) is 14.4. The quantitative estimate of drug-likeness (QED) is 0.243. The van der Waals surface area contributed by atoms with Gasteiger partial charge in [0.25, 0.3) is 5.56 Å². The normalized spacial score (nSPS) is 24.8. The topological polar surface area (TPSA) is 118 Å². The van der Waals surface area contributed by atoms with Crippen LogP contribution in [0.4, 0.5) is 5.95 Å². The summed E-state index contributed by atoms with van der Waals surface area (Å²) in [7, 11) is 3.33. The molecule has 12 heteroatoms. The average molecular weight is 591 g/mol. The van der Waals surface area contributed by atoms with E-state index in [2.05, 4.69) is 32.6 Å². The zero-order valence-corrected chi connectivity index (χ0v) is 24.8. The summed E-state index contributed by atoms with van der Waals surface area (Å²) in [6.07, 6.45) is -3.83. The molecule has 0 saturated carbocycles. The summed E-state index contributed by atoms with van der Waals surface area (Å²) in [4.78, 5) is 43.8. The molecular formula is C31H40N10O2. The summed E-state index contributed by atoms with van der Waals surface area (Å²) < 4.78 is 53.5. The number of hydrogen-bond acceptors (Lipinski definition) is 9. The van der Waals surface area contributed by atoms with E-state index in [-0.39, 0.29) is 36.8 Å². The summed E-state index contributed by atoms with van der Waals surface area (Å²) in [5, 5.41) is 5.15. The zero-order valence-electron chi connectivity index (χ0n) is 30.8. The highest BCUT2D eigenvalue weighted by Crippen LogP contribution is 2.25. The van der Waals surface area contributed by atoms with E-state index in [0.29, 0.717) is 24.9 Å². The Balaban J connectivity index is 1.33. The van der Waals surface area contributed by atoms with Crippen LogP contribution >= 0.6 is 0 Å². The van der Waals surface area contributed by atoms with E-state index in [1.807, 2.05) is 36.1 Å². The smallest absolute Gasteiger partial charge is 0.332 e. The highest BCUT2D eigenvalue weighted by Gasteiger charge is 2.30. The Morgan fingerprint density at radius 2 is 2.05 bits per heavy atom. The number of rotatable bonds is 7. The molecule has 4 aromatic rings. The summed E-state index contributed by atoms with van der Waals surface area (Å²) >= 11 is 0. The van der Waals surface area contributed by atoms with Crippen LogP contribution in [0.15, 0.2) is 33.9 Å². The van der Waals surface area contributed by atoms with Gasteiger partial charge >= 0.3 is 5.69 Å². The number of piperidine rings is 2. The third-order valence-electron chi connectivity index (χ3n) is 8.06. The van der Waals surface area contributed by atoms with E-state index in [1.54, 1.807) is 30.6 Å². The summed E-state index contributed by atoms with van der Waals surface area (Å²) in [6, 6.07) is 6.34. The number of para-hydroxylation sites is 1. The lowest BCUT2D eigenvalue weighted by Crippen LogP contribution is -2.57. The number of nitrogens with one attached hydrogen (secondary N) is 2. The van der Waals surface area contributed by atoms with Crippen molar-refractivity contribution >= 4 is 28.0 Å². The van der Waals surface area contributed by atoms with E-state index >= 15 is 0 Å². The van der Waals surface area contributed by atoms with Gasteiger partial charge in [0.15, 0.2) is 11.2 Å². The molecule has 0 aliphatic carbocycles. The van der Waals surface area contributed by atoms with Crippen molar-refractivity contribution in [2.75, 3.05) is 38.1 Å². The predicted octanol–water partition coefficient (Wildman–Crippen LogP) is 1.38. The number of aromatic nitrogens is 6. The van der Waals surface area contributed by atoms with Crippen LogP contribution in [0.5, 0.6) is 0 Å². The average Bonchev–Trinajstić information content (AvgIpc) is 3.45. The molecule has 0 radical (unpaired) electrons. The van der Waals surface area contributed by atoms with Gasteiger partial charge in [0.1, 0.15) is 5.82 Å². The van der Waals surface area contributed by atoms with E-state index in [4.69, 9.17) is 13.2 Å². The van der Waals surface area contributed by atoms with E-state index in [9.17, 15) is 9.59 Å². The summed E-state index contributed by atoms with van der Waals surface area (Å²) in [6.45, 7) is 1.98. The van der Waals surface area contributed by atoms with Crippen LogP contribution in [-0.2, 0) is 20.1 Å². The number of likely N-dealkylation sites (N-methyl/N-ethyl adjacent to an activating group) is 1. The molecular weight excluding hydrogens is 544 g/mol. The van der Waals surface area contributed by atoms with Crippen molar-refractivity contribution in [3.8, 4) is 11.8 Å². The van der Waals surface area contributed by atoms with Crippen LogP contribution in [-0.4, -0.2) is 78.9 Å². The molecule has 2 saturated heterocycles. The number of fused-ring (bicyclic) bond motifs is 2. The molecule has 1 unspecified atom stereocenters. The van der Waals surface area contributed by atoms with Crippen LogP contribution in [0.25, 0.3) is 22.1 Å². The Morgan fingerprint density at radius 3 is 2.88 bits per heavy atom. The molecule has 0 bridgehead atoms. The van der Waals surface area contributed by atoms with Crippen LogP contribution in [0.1, 0.15) is 52.3 Å². The Labute approximate surface area is 259 Å². The zero-order chi connectivity index (χ0) is 35.5. The molecule has 2 atom stereocenters. The standard InChI is InChI=1S/C31H40N10O2/c1-5-6-17-40-27-28(35-30(40)39-16-10-12-23(19-39)38(4)36-22-11-9-15-32-18-22)37(3)31(43)41(29(27)42)20-26-33-21(2)24-13-7-8-14-25(24)34-26/h7-8,13-14,22-23,32,36H,9-12,15-20H2,1-4H3/t22?,23-/m1/s1/i9D2,11D2,15D2. The fourth-order valence-corrected chi connectivity index (χ4v) is 5.81.